The molecule has 0 saturated heterocycles. The van der Waals surface area contributed by atoms with E-state index in [0.717, 1.165) is 18.5 Å². The Kier molecular flexibility index (Phi) is 4.10. The van der Waals surface area contributed by atoms with E-state index in [1.165, 1.54) is 12.1 Å². The first-order valence-electron chi connectivity index (χ1n) is 5.73. The molecule has 0 aliphatic rings. The van der Waals surface area contributed by atoms with Crippen molar-refractivity contribution in [3.05, 3.63) is 47.0 Å². The average Bonchev–Trinajstić information content (AvgIpc) is 2.28. The summed E-state index contributed by atoms with van der Waals surface area (Å²) in [6.07, 6.45) is 1.81. The highest BCUT2D eigenvalue weighted by Gasteiger charge is 2.04. The molecule has 0 bridgehead atoms. The molecule has 0 saturated carbocycles. The number of anilines is 2. The van der Waals surface area contributed by atoms with Gasteiger partial charge in [-0.05, 0) is 30.7 Å². The van der Waals surface area contributed by atoms with Crippen molar-refractivity contribution < 1.29 is 4.39 Å². The molecule has 0 radical (unpaired) electrons. The number of hydrogen-bond donors (Lipinski definition) is 1. The van der Waals surface area contributed by atoms with Crippen molar-refractivity contribution in [1.29, 1.82) is 0 Å². The van der Waals surface area contributed by atoms with Gasteiger partial charge >= 0.3 is 0 Å². The van der Waals surface area contributed by atoms with Gasteiger partial charge in [-0.25, -0.2) is 14.4 Å². The lowest BCUT2D eigenvalue weighted by Crippen LogP contribution is -2.00. The maximum atomic E-state index is 13.0. The zero-order chi connectivity index (χ0) is 13.0. The van der Waals surface area contributed by atoms with Gasteiger partial charge in [0.15, 0.2) is 0 Å². The molecule has 1 N–H and O–H groups in total. The molecule has 18 heavy (non-hydrogen) atoms. The average molecular weight is 266 g/mol. The first kappa shape index (κ1) is 12.8. The summed E-state index contributed by atoms with van der Waals surface area (Å²) in [6, 6.07) is 7.86. The highest BCUT2D eigenvalue weighted by atomic mass is 35.5. The number of nitrogens with zero attached hydrogens (tertiary/aromatic N) is 2. The van der Waals surface area contributed by atoms with Gasteiger partial charge in [0, 0.05) is 11.4 Å². The van der Waals surface area contributed by atoms with Crippen LogP contribution in [0.15, 0.2) is 30.3 Å². The monoisotopic (exact) mass is 265 g/mol. The Balaban J connectivity index is 2.23. The molecular weight excluding hydrogens is 253 g/mol. The van der Waals surface area contributed by atoms with Gasteiger partial charge in [0.25, 0.3) is 0 Å². The van der Waals surface area contributed by atoms with Crippen LogP contribution in [-0.2, 0) is 6.42 Å². The molecule has 1 heterocycles. The van der Waals surface area contributed by atoms with E-state index in [2.05, 4.69) is 22.2 Å². The first-order chi connectivity index (χ1) is 8.67. The predicted molar refractivity (Wildman–Crippen MR) is 70.7 cm³/mol. The molecule has 2 rings (SSSR count). The third kappa shape index (κ3) is 3.40. The minimum atomic E-state index is -0.309. The smallest absolute Gasteiger partial charge is 0.228 e. The zero-order valence-corrected chi connectivity index (χ0v) is 10.7. The zero-order valence-electron chi connectivity index (χ0n) is 9.95. The van der Waals surface area contributed by atoms with Crippen LogP contribution in [0.5, 0.6) is 0 Å². The van der Waals surface area contributed by atoms with Crippen LogP contribution in [-0.4, -0.2) is 9.97 Å². The summed E-state index contributed by atoms with van der Waals surface area (Å²) < 4.78 is 13.0. The molecule has 1 aromatic carbocycles. The van der Waals surface area contributed by atoms with E-state index in [1.807, 2.05) is 0 Å². The fourth-order valence-electron chi connectivity index (χ4n) is 1.60. The van der Waals surface area contributed by atoms with Gasteiger partial charge in [-0.15, -0.1) is 0 Å². The van der Waals surface area contributed by atoms with E-state index in [4.69, 9.17) is 11.6 Å². The fraction of sp³-hybridized carbons (Fsp3) is 0.231. The summed E-state index contributed by atoms with van der Waals surface area (Å²) in [5, 5.41) is 3.32. The molecule has 0 unspecified atom stereocenters. The molecule has 0 atom stereocenters. The summed E-state index contributed by atoms with van der Waals surface area (Å²) >= 11 is 5.92. The maximum Gasteiger partial charge on any atom is 0.228 e. The SMILES string of the molecule is CCCc1cc(Cl)nc(Nc2cccc(F)c2)n1. The van der Waals surface area contributed by atoms with Gasteiger partial charge in [0.05, 0.1) is 0 Å². The molecule has 0 fully saturated rings. The number of rotatable bonds is 4. The third-order valence-electron chi connectivity index (χ3n) is 2.33. The van der Waals surface area contributed by atoms with E-state index < -0.39 is 0 Å². The summed E-state index contributed by atoms with van der Waals surface area (Å²) in [4.78, 5) is 8.38. The van der Waals surface area contributed by atoms with Crippen molar-refractivity contribution in [2.75, 3.05) is 5.32 Å². The lowest BCUT2D eigenvalue weighted by molar-refractivity contribution is 0.628. The summed E-state index contributed by atoms with van der Waals surface area (Å²) in [7, 11) is 0. The van der Waals surface area contributed by atoms with Crippen molar-refractivity contribution in [1.82, 2.24) is 9.97 Å². The van der Waals surface area contributed by atoms with Gasteiger partial charge in [-0.2, -0.15) is 0 Å². The lowest BCUT2D eigenvalue weighted by atomic mass is 10.2. The second-order valence-electron chi connectivity index (χ2n) is 3.89. The van der Waals surface area contributed by atoms with Crippen molar-refractivity contribution in [2.45, 2.75) is 19.8 Å². The van der Waals surface area contributed by atoms with Crippen LogP contribution >= 0.6 is 11.6 Å². The Morgan fingerprint density at radius 3 is 2.83 bits per heavy atom. The van der Waals surface area contributed by atoms with Crippen LogP contribution in [0, 0.1) is 5.82 Å². The van der Waals surface area contributed by atoms with E-state index in [9.17, 15) is 4.39 Å². The molecule has 94 valence electrons. The number of benzene rings is 1. The Labute approximate surface area is 110 Å². The van der Waals surface area contributed by atoms with E-state index >= 15 is 0 Å². The number of halogens is 2. The molecule has 0 aliphatic carbocycles. The Morgan fingerprint density at radius 2 is 2.11 bits per heavy atom. The number of aromatic nitrogens is 2. The molecule has 0 spiro atoms. The summed E-state index contributed by atoms with van der Waals surface area (Å²) in [5.41, 5.74) is 1.47. The van der Waals surface area contributed by atoms with Crippen LogP contribution < -0.4 is 5.32 Å². The van der Waals surface area contributed by atoms with Crippen molar-refractivity contribution in [3.8, 4) is 0 Å². The number of nitrogens with one attached hydrogen (secondary N) is 1. The standard InChI is InChI=1S/C13H13ClFN3/c1-2-4-10-8-12(14)18-13(16-10)17-11-6-3-5-9(15)7-11/h3,5-8H,2,4H2,1H3,(H,16,17,18). The van der Waals surface area contributed by atoms with Crippen LogP contribution in [0.1, 0.15) is 19.0 Å². The van der Waals surface area contributed by atoms with Crippen LogP contribution in [0.4, 0.5) is 16.0 Å². The Hall–Kier alpha value is -1.68. The summed E-state index contributed by atoms with van der Waals surface area (Å²) in [6.45, 7) is 2.07. The molecule has 2 aromatic rings. The van der Waals surface area contributed by atoms with Gasteiger partial charge < -0.3 is 5.32 Å². The van der Waals surface area contributed by atoms with Gasteiger partial charge in [0.2, 0.25) is 5.95 Å². The first-order valence-corrected chi connectivity index (χ1v) is 6.11. The molecule has 0 amide bonds. The fourth-order valence-corrected chi connectivity index (χ4v) is 1.81. The minimum Gasteiger partial charge on any atom is -0.324 e. The van der Waals surface area contributed by atoms with E-state index in [-0.39, 0.29) is 5.82 Å². The molecule has 3 nitrogen and oxygen atoms in total. The highest BCUT2D eigenvalue weighted by Crippen LogP contribution is 2.17. The molecule has 5 heteroatoms. The second kappa shape index (κ2) is 5.78. The molecular formula is C13H13ClFN3. The van der Waals surface area contributed by atoms with E-state index in [1.54, 1.807) is 18.2 Å². The number of hydrogen-bond acceptors (Lipinski definition) is 3. The number of aryl methyl sites for hydroxylation is 1. The largest absolute Gasteiger partial charge is 0.324 e. The van der Waals surface area contributed by atoms with Crippen LogP contribution in [0.25, 0.3) is 0 Å². The van der Waals surface area contributed by atoms with Gasteiger partial charge in [-0.3, -0.25) is 0 Å². The van der Waals surface area contributed by atoms with Crippen molar-refractivity contribution in [2.24, 2.45) is 0 Å². The lowest BCUT2D eigenvalue weighted by Gasteiger charge is -2.07. The van der Waals surface area contributed by atoms with Gasteiger partial charge in [0.1, 0.15) is 11.0 Å². The topological polar surface area (TPSA) is 37.8 Å². The Bertz CT molecular complexity index is 546. The quantitative estimate of drug-likeness (QED) is 0.850. The Morgan fingerprint density at radius 1 is 1.28 bits per heavy atom. The van der Waals surface area contributed by atoms with E-state index in [0.29, 0.717) is 16.8 Å². The van der Waals surface area contributed by atoms with Crippen LogP contribution in [0.2, 0.25) is 5.15 Å². The van der Waals surface area contributed by atoms with Gasteiger partial charge in [-0.1, -0.05) is 31.0 Å². The minimum absolute atomic E-state index is 0.309. The molecule has 0 aliphatic heterocycles. The molecule has 1 aromatic heterocycles. The van der Waals surface area contributed by atoms with Crippen molar-refractivity contribution in [3.63, 3.8) is 0 Å². The van der Waals surface area contributed by atoms with Crippen molar-refractivity contribution >= 4 is 23.2 Å². The normalized spacial score (nSPS) is 10.4. The summed E-state index contributed by atoms with van der Waals surface area (Å²) in [5.74, 6) is 0.0763. The van der Waals surface area contributed by atoms with Crippen LogP contribution in [0.3, 0.4) is 0 Å². The maximum absolute atomic E-state index is 13.0. The second-order valence-corrected chi connectivity index (χ2v) is 4.28. The highest BCUT2D eigenvalue weighted by molar-refractivity contribution is 6.29. The predicted octanol–water partition coefficient (Wildman–Crippen LogP) is 3.97. The third-order valence-corrected chi connectivity index (χ3v) is 2.53.